The van der Waals surface area contributed by atoms with Gasteiger partial charge in [-0.25, -0.2) is 8.60 Å². The number of furan rings is 1. The molecule has 1 aromatic heterocycles. The molecular formula is C18H16FNO3S. The average Bonchev–Trinajstić information content (AvgIpc) is 3.32. The first-order valence-electron chi connectivity index (χ1n) is 7.75. The second-order valence-corrected chi connectivity index (χ2v) is 6.94. The standard InChI is InChI=1S/C18H16FNO3S/c19-14-5-3-12(4-6-14)17-8-13-7-15(11-1-2-11)16(9-18(13)23-17)20-10-24(21)22/h3-9,11,20H,1-2,10H2,(H,21,22). The molecule has 2 N–H and O–H groups in total. The van der Waals surface area contributed by atoms with Crippen LogP contribution in [0.4, 0.5) is 10.1 Å². The third-order valence-electron chi connectivity index (χ3n) is 4.22. The zero-order valence-electron chi connectivity index (χ0n) is 12.8. The van der Waals surface area contributed by atoms with Gasteiger partial charge >= 0.3 is 0 Å². The van der Waals surface area contributed by atoms with Crippen molar-refractivity contribution in [1.29, 1.82) is 0 Å². The van der Waals surface area contributed by atoms with E-state index in [4.69, 9.17) is 8.97 Å². The first kappa shape index (κ1) is 15.4. The Kier molecular flexibility index (Phi) is 3.86. The molecule has 1 fully saturated rings. The molecule has 0 spiro atoms. The van der Waals surface area contributed by atoms with Crippen LogP contribution in [0.2, 0.25) is 0 Å². The number of hydrogen-bond donors (Lipinski definition) is 2. The Morgan fingerprint density at radius 2 is 1.96 bits per heavy atom. The molecular weight excluding hydrogens is 329 g/mol. The van der Waals surface area contributed by atoms with E-state index in [0.717, 1.165) is 35.0 Å². The molecule has 0 bridgehead atoms. The van der Waals surface area contributed by atoms with Crippen LogP contribution in [-0.2, 0) is 11.1 Å². The van der Waals surface area contributed by atoms with Crippen molar-refractivity contribution >= 4 is 27.7 Å². The Bertz CT molecular complexity index is 916. The quantitative estimate of drug-likeness (QED) is 0.658. The lowest BCUT2D eigenvalue weighted by molar-refractivity contribution is 0.566. The summed E-state index contributed by atoms with van der Waals surface area (Å²) < 4.78 is 38.9. The van der Waals surface area contributed by atoms with Crippen molar-refractivity contribution in [3.8, 4) is 11.3 Å². The Balaban J connectivity index is 1.75. The molecule has 4 rings (SSSR count). The van der Waals surface area contributed by atoms with Crippen LogP contribution >= 0.6 is 0 Å². The molecule has 0 saturated heterocycles. The number of fused-ring (bicyclic) bond motifs is 1. The van der Waals surface area contributed by atoms with Crippen LogP contribution in [0.15, 0.2) is 46.9 Å². The van der Waals surface area contributed by atoms with Crippen LogP contribution in [0.5, 0.6) is 0 Å². The van der Waals surface area contributed by atoms with E-state index >= 15 is 0 Å². The molecule has 1 aliphatic carbocycles. The van der Waals surface area contributed by atoms with Gasteiger partial charge in [0.1, 0.15) is 23.0 Å². The summed E-state index contributed by atoms with van der Waals surface area (Å²) in [5, 5.41) is 4.00. The van der Waals surface area contributed by atoms with Gasteiger partial charge in [0.05, 0.1) is 0 Å². The molecule has 1 saturated carbocycles. The molecule has 1 heterocycles. The summed E-state index contributed by atoms with van der Waals surface area (Å²) in [6.45, 7) is 0. The van der Waals surface area contributed by atoms with Gasteiger partial charge in [-0.2, -0.15) is 0 Å². The molecule has 6 heteroatoms. The van der Waals surface area contributed by atoms with Gasteiger partial charge in [-0.15, -0.1) is 0 Å². The van der Waals surface area contributed by atoms with Gasteiger partial charge in [0.15, 0.2) is 11.1 Å². The van der Waals surface area contributed by atoms with Gasteiger partial charge in [0.25, 0.3) is 0 Å². The molecule has 24 heavy (non-hydrogen) atoms. The smallest absolute Gasteiger partial charge is 0.172 e. The predicted octanol–water partition coefficient (Wildman–Crippen LogP) is 4.71. The minimum absolute atomic E-state index is 0.0171. The summed E-state index contributed by atoms with van der Waals surface area (Å²) in [7, 11) is 0. The van der Waals surface area contributed by atoms with E-state index in [1.807, 2.05) is 12.1 Å². The molecule has 4 nitrogen and oxygen atoms in total. The number of halogens is 1. The van der Waals surface area contributed by atoms with Crippen LogP contribution < -0.4 is 5.32 Å². The third kappa shape index (κ3) is 3.07. The first-order chi connectivity index (χ1) is 11.6. The maximum Gasteiger partial charge on any atom is 0.172 e. The molecule has 124 valence electrons. The third-order valence-corrected chi connectivity index (χ3v) is 4.61. The van der Waals surface area contributed by atoms with Crippen LogP contribution in [-0.4, -0.2) is 14.6 Å². The summed E-state index contributed by atoms with van der Waals surface area (Å²) in [6.07, 6.45) is 2.26. The fourth-order valence-corrected chi connectivity index (χ4v) is 3.16. The predicted molar refractivity (Wildman–Crippen MR) is 92.8 cm³/mol. The lowest BCUT2D eigenvalue weighted by Crippen LogP contribution is -2.08. The lowest BCUT2D eigenvalue weighted by atomic mass is 10.1. The summed E-state index contributed by atoms with van der Waals surface area (Å²) in [4.78, 5) is 0. The molecule has 1 aliphatic rings. The fraction of sp³-hybridized carbons (Fsp3) is 0.222. The molecule has 0 aliphatic heterocycles. The summed E-state index contributed by atoms with van der Waals surface area (Å²) >= 11 is -1.90. The highest BCUT2D eigenvalue weighted by Crippen LogP contribution is 2.45. The highest BCUT2D eigenvalue weighted by Gasteiger charge is 2.27. The van der Waals surface area contributed by atoms with Crippen molar-refractivity contribution in [2.24, 2.45) is 0 Å². The van der Waals surface area contributed by atoms with E-state index in [1.54, 1.807) is 12.1 Å². The van der Waals surface area contributed by atoms with Crippen molar-refractivity contribution in [3.63, 3.8) is 0 Å². The average molecular weight is 345 g/mol. The Morgan fingerprint density at radius 1 is 1.21 bits per heavy atom. The normalized spacial score (nSPS) is 15.6. The van der Waals surface area contributed by atoms with Crippen molar-refractivity contribution in [1.82, 2.24) is 0 Å². The largest absolute Gasteiger partial charge is 0.456 e. The highest BCUT2D eigenvalue weighted by molar-refractivity contribution is 7.79. The lowest BCUT2D eigenvalue weighted by Gasteiger charge is -2.10. The van der Waals surface area contributed by atoms with Gasteiger partial charge in [-0.3, -0.25) is 0 Å². The van der Waals surface area contributed by atoms with Gasteiger partial charge < -0.3 is 14.3 Å². The Hall–Kier alpha value is -2.18. The monoisotopic (exact) mass is 345 g/mol. The van der Waals surface area contributed by atoms with E-state index in [2.05, 4.69) is 11.4 Å². The van der Waals surface area contributed by atoms with Crippen LogP contribution in [0.3, 0.4) is 0 Å². The Labute approximate surface area is 141 Å². The van der Waals surface area contributed by atoms with E-state index in [-0.39, 0.29) is 11.7 Å². The minimum Gasteiger partial charge on any atom is -0.456 e. The number of nitrogens with one attached hydrogen (secondary N) is 1. The summed E-state index contributed by atoms with van der Waals surface area (Å²) in [5.74, 6) is 0.869. The zero-order valence-corrected chi connectivity index (χ0v) is 13.6. The zero-order chi connectivity index (χ0) is 16.7. The van der Waals surface area contributed by atoms with Gasteiger partial charge in [0, 0.05) is 22.7 Å². The minimum atomic E-state index is -1.90. The number of benzene rings is 2. The number of anilines is 1. The molecule has 2 aromatic carbocycles. The van der Waals surface area contributed by atoms with E-state index in [9.17, 15) is 8.60 Å². The fourth-order valence-electron chi connectivity index (χ4n) is 2.89. The molecule has 3 aromatic rings. The molecule has 1 atom stereocenters. The van der Waals surface area contributed by atoms with Crippen LogP contribution in [0, 0.1) is 5.82 Å². The first-order valence-corrected chi connectivity index (χ1v) is 9.02. The van der Waals surface area contributed by atoms with Gasteiger partial charge in [-0.05, 0) is 60.7 Å². The molecule has 0 radical (unpaired) electrons. The second kappa shape index (κ2) is 6.03. The number of rotatable bonds is 5. The second-order valence-electron chi connectivity index (χ2n) is 6.01. The van der Waals surface area contributed by atoms with Crippen molar-refractivity contribution in [3.05, 3.63) is 53.8 Å². The van der Waals surface area contributed by atoms with Crippen LogP contribution in [0.25, 0.3) is 22.3 Å². The Morgan fingerprint density at radius 3 is 2.62 bits per heavy atom. The van der Waals surface area contributed by atoms with Gasteiger partial charge in [-0.1, -0.05) is 0 Å². The van der Waals surface area contributed by atoms with E-state index < -0.39 is 11.1 Å². The van der Waals surface area contributed by atoms with Crippen molar-refractivity contribution in [2.45, 2.75) is 18.8 Å². The summed E-state index contributed by atoms with van der Waals surface area (Å²) in [5.41, 5.74) is 3.50. The maximum absolute atomic E-state index is 13.1. The highest BCUT2D eigenvalue weighted by atomic mass is 32.2. The maximum atomic E-state index is 13.1. The van der Waals surface area contributed by atoms with Gasteiger partial charge in [0.2, 0.25) is 0 Å². The molecule has 1 unspecified atom stereocenters. The SMILES string of the molecule is O=S(O)CNc1cc2oc(-c3ccc(F)cc3)cc2cc1C1CC1. The topological polar surface area (TPSA) is 62.5 Å². The molecule has 0 amide bonds. The number of hydrogen-bond acceptors (Lipinski definition) is 3. The van der Waals surface area contributed by atoms with Crippen molar-refractivity contribution < 1.29 is 17.6 Å². The van der Waals surface area contributed by atoms with Crippen LogP contribution in [0.1, 0.15) is 24.3 Å². The van der Waals surface area contributed by atoms with Crippen molar-refractivity contribution in [2.75, 3.05) is 11.2 Å². The summed E-state index contributed by atoms with van der Waals surface area (Å²) in [6, 6.07) is 12.1. The van der Waals surface area contributed by atoms with E-state index in [0.29, 0.717) is 17.3 Å². The van der Waals surface area contributed by atoms with E-state index in [1.165, 1.54) is 12.1 Å².